The molecule has 1 aromatic heterocycles. The van der Waals surface area contributed by atoms with Gasteiger partial charge >= 0.3 is 0 Å². The predicted octanol–water partition coefficient (Wildman–Crippen LogP) is 3.04. The van der Waals surface area contributed by atoms with Crippen molar-refractivity contribution in [3.05, 3.63) is 64.1 Å². The quantitative estimate of drug-likeness (QED) is 0.310. The zero-order chi connectivity index (χ0) is 13.8. The third-order valence-electron chi connectivity index (χ3n) is 2.42. The summed E-state index contributed by atoms with van der Waals surface area (Å²) >= 11 is 3.25. The fraction of sp³-hybridized carbons (Fsp3) is 0. The zero-order valence-electron chi connectivity index (χ0n) is 9.55. The lowest BCUT2D eigenvalue weighted by atomic mass is 10.0. The van der Waals surface area contributed by atoms with Crippen molar-refractivity contribution in [3.63, 3.8) is 0 Å². The van der Waals surface area contributed by atoms with Gasteiger partial charge in [0.1, 0.15) is 0 Å². The van der Waals surface area contributed by atoms with Gasteiger partial charge in [0.05, 0.1) is 0 Å². The van der Waals surface area contributed by atoms with Crippen molar-refractivity contribution in [2.45, 2.75) is 0 Å². The maximum Gasteiger partial charge on any atom is 0.215 e. The van der Waals surface area contributed by atoms with E-state index in [1.54, 1.807) is 24.3 Å². The molecule has 0 radical (unpaired) electrons. The van der Waals surface area contributed by atoms with Gasteiger partial charge in [-0.05, 0) is 30.3 Å². The van der Waals surface area contributed by atoms with Crippen LogP contribution in [0.15, 0.2) is 52.2 Å². The minimum atomic E-state index is -0.748. The Labute approximate surface area is 116 Å². The monoisotopic (exact) mass is 322 g/mol. The third kappa shape index (κ3) is 3.03. The van der Waals surface area contributed by atoms with Gasteiger partial charge in [-0.3, -0.25) is 4.79 Å². The number of benzene rings is 1. The molecule has 0 aliphatic heterocycles. The number of rotatable bonds is 3. The van der Waals surface area contributed by atoms with Crippen LogP contribution in [0.5, 0.6) is 0 Å². The first-order valence-corrected chi connectivity index (χ1v) is 6.05. The van der Waals surface area contributed by atoms with Crippen molar-refractivity contribution in [2.75, 3.05) is 0 Å². The predicted molar refractivity (Wildman–Crippen MR) is 71.0 cm³/mol. The van der Waals surface area contributed by atoms with Gasteiger partial charge in [0.2, 0.25) is 11.7 Å². The van der Waals surface area contributed by atoms with Gasteiger partial charge in [-0.1, -0.05) is 21.1 Å². The number of hydrogen-bond donors (Lipinski definition) is 1. The highest BCUT2D eigenvalue weighted by Crippen LogP contribution is 2.13. The van der Waals surface area contributed by atoms with E-state index in [1.165, 1.54) is 12.3 Å². The van der Waals surface area contributed by atoms with E-state index >= 15 is 0 Å². The Balaban J connectivity index is 2.38. The lowest BCUT2D eigenvalue weighted by Gasteiger charge is -2.04. The third-order valence-corrected chi connectivity index (χ3v) is 2.95. The number of pyridine rings is 1. The number of carbonyl (C=O) groups excluding carboxylic acids is 1. The molecule has 2 rings (SSSR count). The molecule has 0 atom stereocenters. The lowest BCUT2D eigenvalue weighted by molar-refractivity contribution is 0.106. The minimum Gasteiger partial charge on any atom is -0.410 e. The summed E-state index contributed by atoms with van der Waals surface area (Å²) < 4.78 is 13.8. The highest BCUT2D eigenvalue weighted by Gasteiger charge is 2.17. The SMILES string of the molecule is O=C(C(=NO)c1ccnc(F)c1)c1ccc(Br)cc1. The standard InChI is InChI=1S/C13H8BrFN2O2/c14-10-3-1-8(2-4-10)13(18)12(17-19)9-5-6-16-11(15)7-9/h1-7,19H. The van der Waals surface area contributed by atoms with E-state index in [1.807, 2.05) is 0 Å². The first-order chi connectivity index (χ1) is 9.11. The van der Waals surface area contributed by atoms with Crippen LogP contribution in [0.4, 0.5) is 4.39 Å². The lowest BCUT2D eigenvalue weighted by Crippen LogP contribution is -2.16. The smallest absolute Gasteiger partial charge is 0.215 e. The van der Waals surface area contributed by atoms with Crippen LogP contribution in [0.1, 0.15) is 15.9 Å². The molecular formula is C13H8BrFN2O2. The van der Waals surface area contributed by atoms with Crippen LogP contribution in [-0.4, -0.2) is 21.7 Å². The molecule has 0 amide bonds. The van der Waals surface area contributed by atoms with E-state index in [9.17, 15) is 9.18 Å². The molecule has 19 heavy (non-hydrogen) atoms. The normalized spacial score (nSPS) is 11.4. The van der Waals surface area contributed by atoms with Gasteiger partial charge in [0, 0.05) is 27.9 Å². The molecule has 6 heteroatoms. The van der Waals surface area contributed by atoms with E-state index in [2.05, 4.69) is 26.1 Å². The summed E-state index contributed by atoms with van der Waals surface area (Å²) in [5.41, 5.74) is 0.278. The Morgan fingerprint density at radius 2 is 1.89 bits per heavy atom. The molecule has 0 aliphatic carbocycles. The first kappa shape index (κ1) is 13.4. The first-order valence-electron chi connectivity index (χ1n) is 5.26. The fourth-order valence-electron chi connectivity index (χ4n) is 1.52. The Morgan fingerprint density at radius 3 is 2.47 bits per heavy atom. The molecular weight excluding hydrogens is 315 g/mol. The Morgan fingerprint density at radius 1 is 1.21 bits per heavy atom. The average Bonchev–Trinajstić information content (AvgIpc) is 2.40. The molecule has 1 heterocycles. The van der Waals surface area contributed by atoms with Crippen molar-refractivity contribution in [2.24, 2.45) is 5.16 Å². The van der Waals surface area contributed by atoms with Gasteiger partial charge in [-0.2, -0.15) is 4.39 Å². The van der Waals surface area contributed by atoms with E-state index < -0.39 is 11.7 Å². The number of hydrogen-bond acceptors (Lipinski definition) is 4. The van der Waals surface area contributed by atoms with Crippen molar-refractivity contribution >= 4 is 27.4 Å². The Bertz CT molecular complexity index is 641. The van der Waals surface area contributed by atoms with Crippen LogP contribution >= 0.6 is 15.9 Å². The summed E-state index contributed by atoms with van der Waals surface area (Å²) in [6.07, 6.45) is 1.20. The second-order valence-corrected chi connectivity index (χ2v) is 4.57. The van der Waals surface area contributed by atoms with Crippen LogP contribution in [0.3, 0.4) is 0 Å². The molecule has 0 spiro atoms. The Kier molecular flexibility index (Phi) is 4.01. The van der Waals surface area contributed by atoms with E-state index in [0.29, 0.717) is 5.56 Å². The van der Waals surface area contributed by atoms with E-state index in [-0.39, 0.29) is 11.3 Å². The van der Waals surface area contributed by atoms with E-state index in [0.717, 1.165) is 10.5 Å². The average molecular weight is 323 g/mol. The number of oxime groups is 1. The van der Waals surface area contributed by atoms with Crippen molar-refractivity contribution in [1.29, 1.82) is 0 Å². The number of Topliss-reactive ketones (excluding diaryl/α,β-unsaturated/α-hetero) is 1. The molecule has 1 N–H and O–H groups in total. The second kappa shape index (κ2) is 5.71. The number of nitrogens with zero attached hydrogens (tertiary/aromatic N) is 2. The maximum absolute atomic E-state index is 13.0. The second-order valence-electron chi connectivity index (χ2n) is 3.65. The summed E-state index contributed by atoms with van der Waals surface area (Å²) in [4.78, 5) is 15.5. The van der Waals surface area contributed by atoms with Crippen molar-refractivity contribution < 1.29 is 14.4 Å². The zero-order valence-corrected chi connectivity index (χ0v) is 11.1. The van der Waals surface area contributed by atoms with Crippen LogP contribution in [0.2, 0.25) is 0 Å². The van der Waals surface area contributed by atoms with Gasteiger partial charge in [0.25, 0.3) is 0 Å². The molecule has 4 nitrogen and oxygen atoms in total. The van der Waals surface area contributed by atoms with Crippen LogP contribution in [0, 0.1) is 5.95 Å². The topological polar surface area (TPSA) is 62.5 Å². The number of ketones is 1. The Hall–Kier alpha value is -2.08. The molecule has 0 bridgehead atoms. The summed E-state index contributed by atoms with van der Waals surface area (Å²) in [5.74, 6) is -1.25. The summed E-state index contributed by atoms with van der Waals surface area (Å²) in [6.45, 7) is 0. The largest absolute Gasteiger partial charge is 0.410 e. The molecule has 0 saturated carbocycles. The number of aromatic nitrogens is 1. The van der Waals surface area contributed by atoms with Gasteiger partial charge in [-0.25, -0.2) is 4.98 Å². The molecule has 2 aromatic rings. The van der Waals surface area contributed by atoms with Gasteiger partial charge in [0.15, 0.2) is 5.71 Å². The summed E-state index contributed by atoms with van der Waals surface area (Å²) in [6, 6.07) is 8.97. The summed E-state index contributed by atoms with van der Waals surface area (Å²) in [5, 5.41) is 11.9. The molecule has 0 fully saturated rings. The molecule has 0 unspecified atom stereocenters. The van der Waals surface area contributed by atoms with Crippen molar-refractivity contribution in [1.82, 2.24) is 4.98 Å². The van der Waals surface area contributed by atoms with Gasteiger partial charge in [-0.15, -0.1) is 0 Å². The van der Waals surface area contributed by atoms with Crippen molar-refractivity contribution in [3.8, 4) is 0 Å². The fourth-order valence-corrected chi connectivity index (χ4v) is 1.79. The minimum absolute atomic E-state index is 0.169. The van der Waals surface area contributed by atoms with Gasteiger partial charge < -0.3 is 5.21 Å². The molecule has 96 valence electrons. The van der Waals surface area contributed by atoms with Crippen LogP contribution < -0.4 is 0 Å². The summed E-state index contributed by atoms with van der Waals surface area (Å²) in [7, 11) is 0. The van der Waals surface area contributed by atoms with Crippen LogP contribution in [-0.2, 0) is 0 Å². The maximum atomic E-state index is 13.0. The molecule has 1 aromatic carbocycles. The molecule has 0 aliphatic rings. The highest BCUT2D eigenvalue weighted by molar-refractivity contribution is 9.10. The molecule has 0 saturated heterocycles. The van der Waals surface area contributed by atoms with E-state index in [4.69, 9.17) is 5.21 Å². The number of carbonyl (C=O) groups is 1. The van der Waals surface area contributed by atoms with Crippen LogP contribution in [0.25, 0.3) is 0 Å². The highest BCUT2D eigenvalue weighted by atomic mass is 79.9. The number of halogens is 2.